The molecule has 0 heterocycles. The van der Waals surface area contributed by atoms with Crippen LogP contribution in [0.25, 0.3) is 0 Å². The highest BCUT2D eigenvalue weighted by molar-refractivity contribution is 14.1. The smallest absolute Gasteiger partial charge is 0.344 e. The first kappa shape index (κ1) is 15.6. The lowest BCUT2D eigenvalue weighted by molar-refractivity contribution is 0.0730. The molecule has 0 aliphatic heterocycles. The molecule has 0 fully saturated rings. The van der Waals surface area contributed by atoms with Crippen molar-refractivity contribution in [2.75, 3.05) is 0 Å². The number of ketones is 2. The summed E-state index contributed by atoms with van der Waals surface area (Å²) in [5, 5.41) is 0. The molecule has 5 heteroatoms. The summed E-state index contributed by atoms with van der Waals surface area (Å²) in [7, 11) is 0. The molecule has 0 saturated carbocycles. The standard InChI is InChI=1S/C18H11IO4/c1-10-9-14(20)16-12(17(10)21)6-4-8-15(16)23-18(22)11-5-2-3-7-13(11)19/h2-9H,1H3. The van der Waals surface area contributed by atoms with Gasteiger partial charge in [0.05, 0.1) is 11.1 Å². The lowest BCUT2D eigenvalue weighted by Gasteiger charge is -2.16. The Kier molecular flexibility index (Phi) is 4.12. The first-order chi connectivity index (χ1) is 11.0. The molecule has 3 rings (SSSR count). The van der Waals surface area contributed by atoms with Crippen molar-refractivity contribution in [1.29, 1.82) is 0 Å². The highest BCUT2D eigenvalue weighted by Crippen LogP contribution is 2.30. The number of benzene rings is 2. The summed E-state index contributed by atoms with van der Waals surface area (Å²) in [5.41, 5.74) is 1.20. The van der Waals surface area contributed by atoms with E-state index in [9.17, 15) is 14.4 Å². The van der Waals surface area contributed by atoms with Gasteiger partial charge >= 0.3 is 5.97 Å². The van der Waals surface area contributed by atoms with Crippen LogP contribution in [-0.2, 0) is 0 Å². The summed E-state index contributed by atoms with van der Waals surface area (Å²) in [4.78, 5) is 36.7. The third kappa shape index (κ3) is 2.84. The Morgan fingerprint density at radius 2 is 1.78 bits per heavy atom. The summed E-state index contributed by atoms with van der Waals surface area (Å²) in [6, 6.07) is 11.7. The Balaban J connectivity index is 2.01. The molecular formula is C18H11IO4. The SMILES string of the molecule is CC1=CC(=O)c2c(OC(=O)c3ccccc3I)cccc2C1=O. The number of Topliss-reactive ketones (excluding diaryl/α,β-unsaturated/α-hetero) is 1. The van der Waals surface area contributed by atoms with Gasteiger partial charge in [0.2, 0.25) is 0 Å². The molecule has 1 aliphatic carbocycles. The van der Waals surface area contributed by atoms with Crippen LogP contribution in [0, 0.1) is 3.57 Å². The van der Waals surface area contributed by atoms with Gasteiger partial charge < -0.3 is 4.74 Å². The lowest BCUT2D eigenvalue weighted by Crippen LogP contribution is -2.19. The first-order valence-electron chi connectivity index (χ1n) is 6.86. The van der Waals surface area contributed by atoms with E-state index in [0.717, 1.165) is 3.57 Å². The highest BCUT2D eigenvalue weighted by atomic mass is 127. The van der Waals surface area contributed by atoms with Crippen molar-refractivity contribution in [3.05, 3.63) is 74.4 Å². The second kappa shape index (κ2) is 6.08. The fourth-order valence-corrected chi connectivity index (χ4v) is 3.00. The van der Waals surface area contributed by atoms with Crippen LogP contribution in [0.2, 0.25) is 0 Å². The molecule has 0 N–H and O–H groups in total. The van der Waals surface area contributed by atoms with E-state index in [1.165, 1.54) is 12.1 Å². The van der Waals surface area contributed by atoms with E-state index < -0.39 is 5.97 Å². The van der Waals surface area contributed by atoms with Crippen LogP contribution in [0.4, 0.5) is 0 Å². The molecule has 4 nitrogen and oxygen atoms in total. The van der Waals surface area contributed by atoms with Crippen LogP contribution < -0.4 is 4.74 Å². The molecule has 1 aliphatic rings. The van der Waals surface area contributed by atoms with Crippen molar-refractivity contribution in [3.63, 3.8) is 0 Å². The lowest BCUT2D eigenvalue weighted by atomic mass is 9.89. The second-order valence-corrected chi connectivity index (χ2v) is 6.23. The molecule has 0 atom stereocenters. The average Bonchev–Trinajstić information content (AvgIpc) is 2.53. The Morgan fingerprint density at radius 1 is 1.04 bits per heavy atom. The zero-order valence-electron chi connectivity index (χ0n) is 12.1. The molecule has 0 radical (unpaired) electrons. The molecule has 23 heavy (non-hydrogen) atoms. The molecule has 0 saturated heterocycles. The van der Waals surface area contributed by atoms with Gasteiger partial charge in [-0.25, -0.2) is 4.79 Å². The largest absolute Gasteiger partial charge is 0.422 e. The molecule has 114 valence electrons. The summed E-state index contributed by atoms with van der Waals surface area (Å²) in [6.07, 6.45) is 1.27. The van der Waals surface area contributed by atoms with Gasteiger partial charge in [-0.3, -0.25) is 9.59 Å². The van der Waals surface area contributed by atoms with Crippen LogP contribution in [0.15, 0.2) is 54.1 Å². The number of allylic oxidation sites excluding steroid dienone is 2. The molecule has 0 amide bonds. The third-order valence-electron chi connectivity index (χ3n) is 3.52. The summed E-state index contributed by atoms with van der Waals surface area (Å²) < 4.78 is 6.14. The zero-order valence-corrected chi connectivity index (χ0v) is 14.3. The number of carbonyl (C=O) groups is 3. The van der Waals surface area contributed by atoms with Crippen molar-refractivity contribution in [3.8, 4) is 5.75 Å². The van der Waals surface area contributed by atoms with Crippen molar-refractivity contribution in [2.24, 2.45) is 0 Å². The number of rotatable bonds is 2. The molecule has 0 bridgehead atoms. The number of carbonyl (C=O) groups excluding carboxylic acids is 3. The van der Waals surface area contributed by atoms with Crippen molar-refractivity contribution in [2.45, 2.75) is 6.92 Å². The van der Waals surface area contributed by atoms with Gasteiger partial charge in [-0.15, -0.1) is 0 Å². The molecule has 2 aromatic rings. The van der Waals surface area contributed by atoms with Gasteiger partial charge in [0.1, 0.15) is 5.75 Å². The fraction of sp³-hybridized carbons (Fsp3) is 0.0556. The van der Waals surface area contributed by atoms with E-state index in [-0.39, 0.29) is 28.4 Å². The van der Waals surface area contributed by atoms with Gasteiger partial charge in [-0.1, -0.05) is 24.3 Å². The topological polar surface area (TPSA) is 60.4 Å². The maximum atomic E-state index is 12.3. The molecular weight excluding hydrogens is 407 g/mol. The molecule has 0 spiro atoms. The zero-order chi connectivity index (χ0) is 16.6. The Bertz CT molecular complexity index is 880. The van der Waals surface area contributed by atoms with Crippen LogP contribution in [0.3, 0.4) is 0 Å². The number of halogens is 1. The van der Waals surface area contributed by atoms with Gasteiger partial charge in [0.25, 0.3) is 0 Å². The van der Waals surface area contributed by atoms with Crippen molar-refractivity contribution < 1.29 is 19.1 Å². The van der Waals surface area contributed by atoms with Crippen LogP contribution in [0.1, 0.15) is 38.0 Å². The normalized spacial score (nSPS) is 13.4. The van der Waals surface area contributed by atoms with E-state index in [4.69, 9.17) is 4.74 Å². The monoisotopic (exact) mass is 418 g/mol. The van der Waals surface area contributed by atoms with Crippen LogP contribution >= 0.6 is 22.6 Å². The molecule has 0 unspecified atom stereocenters. The number of fused-ring (bicyclic) bond motifs is 1. The van der Waals surface area contributed by atoms with E-state index >= 15 is 0 Å². The van der Waals surface area contributed by atoms with Crippen LogP contribution in [-0.4, -0.2) is 17.5 Å². The quantitative estimate of drug-likeness (QED) is 0.423. The minimum absolute atomic E-state index is 0.106. The predicted octanol–water partition coefficient (Wildman–Crippen LogP) is 3.84. The van der Waals surface area contributed by atoms with Crippen molar-refractivity contribution >= 4 is 40.1 Å². The van der Waals surface area contributed by atoms with E-state index in [2.05, 4.69) is 0 Å². The number of hydrogen-bond acceptors (Lipinski definition) is 4. The first-order valence-corrected chi connectivity index (χ1v) is 7.94. The summed E-state index contributed by atoms with van der Waals surface area (Å²) in [6.45, 7) is 1.59. The molecule has 0 aromatic heterocycles. The van der Waals surface area contributed by atoms with Crippen molar-refractivity contribution in [1.82, 2.24) is 0 Å². The second-order valence-electron chi connectivity index (χ2n) is 5.07. The minimum Gasteiger partial charge on any atom is -0.422 e. The third-order valence-corrected chi connectivity index (χ3v) is 4.46. The average molecular weight is 418 g/mol. The number of esters is 1. The van der Waals surface area contributed by atoms with E-state index in [1.807, 2.05) is 28.7 Å². The number of hydrogen-bond donors (Lipinski definition) is 0. The van der Waals surface area contributed by atoms with E-state index in [1.54, 1.807) is 37.3 Å². The predicted molar refractivity (Wildman–Crippen MR) is 93.0 cm³/mol. The van der Waals surface area contributed by atoms with Gasteiger partial charge in [-0.05, 0) is 53.8 Å². The fourth-order valence-electron chi connectivity index (χ4n) is 2.39. The maximum Gasteiger partial charge on any atom is 0.344 e. The Hall–Kier alpha value is -2.28. The van der Waals surface area contributed by atoms with Gasteiger partial charge in [0.15, 0.2) is 11.6 Å². The van der Waals surface area contributed by atoms with E-state index in [0.29, 0.717) is 11.1 Å². The number of ether oxygens (including phenoxy) is 1. The highest BCUT2D eigenvalue weighted by Gasteiger charge is 2.27. The Labute approximate surface area is 146 Å². The van der Waals surface area contributed by atoms with Crippen LogP contribution in [0.5, 0.6) is 5.75 Å². The maximum absolute atomic E-state index is 12.3. The molecule has 2 aromatic carbocycles. The Morgan fingerprint density at radius 3 is 2.52 bits per heavy atom. The van der Waals surface area contributed by atoms with Gasteiger partial charge in [0, 0.05) is 14.7 Å². The minimum atomic E-state index is -0.560. The summed E-state index contributed by atoms with van der Waals surface area (Å²) >= 11 is 2.04. The van der Waals surface area contributed by atoms with Gasteiger partial charge in [-0.2, -0.15) is 0 Å². The summed E-state index contributed by atoms with van der Waals surface area (Å²) in [5.74, 6) is -1.01.